The number of nitrogens with zero attached hydrogens (tertiary/aromatic N) is 2. The number of hydrogen-bond acceptors (Lipinski definition) is 4. The molecule has 1 aromatic heterocycles. The summed E-state index contributed by atoms with van der Waals surface area (Å²) in [5, 5.41) is 0.967. The van der Waals surface area contributed by atoms with Crippen molar-refractivity contribution in [2.75, 3.05) is 11.4 Å². The van der Waals surface area contributed by atoms with E-state index in [1.54, 1.807) is 23.2 Å². The molecule has 3 aromatic rings. The molecule has 6 nitrogen and oxygen atoms in total. The van der Waals surface area contributed by atoms with Crippen LogP contribution in [0.1, 0.15) is 18.4 Å². The second-order valence-electron chi connectivity index (χ2n) is 6.50. The maximum atomic E-state index is 12.6. The molecule has 0 bridgehead atoms. The minimum Gasteiger partial charge on any atom is -0.312 e. The molecule has 7 heteroatoms. The van der Waals surface area contributed by atoms with E-state index in [0.29, 0.717) is 13.0 Å². The Labute approximate surface area is 157 Å². The van der Waals surface area contributed by atoms with Gasteiger partial charge in [-0.25, -0.2) is 13.1 Å². The zero-order valence-corrected chi connectivity index (χ0v) is 15.4. The molecule has 2 heterocycles. The van der Waals surface area contributed by atoms with Gasteiger partial charge in [0.2, 0.25) is 15.9 Å². The standard InChI is InChI=1S/C20H19N3O3S/c24-20-6-3-11-23(20)17-7-9-18(10-8-17)27(25,26)22-14-15-12-16-4-1-2-5-19(16)21-13-15/h1-2,4-5,7-10,12-13,22H,3,6,11,14H2. The Morgan fingerprint density at radius 2 is 1.85 bits per heavy atom. The first-order valence-electron chi connectivity index (χ1n) is 8.77. The maximum Gasteiger partial charge on any atom is 0.240 e. The van der Waals surface area contributed by atoms with Gasteiger partial charge in [0.05, 0.1) is 10.4 Å². The molecule has 27 heavy (non-hydrogen) atoms. The summed E-state index contributed by atoms with van der Waals surface area (Å²) in [4.78, 5) is 18.0. The van der Waals surface area contributed by atoms with E-state index >= 15 is 0 Å². The highest BCUT2D eigenvalue weighted by molar-refractivity contribution is 7.89. The maximum absolute atomic E-state index is 12.6. The number of pyridine rings is 1. The molecular formula is C20H19N3O3S. The molecule has 1 aliphatic rings. The lowest BCUT2D eigenvalue weighted by Crippen LogP contribution is -2.25. The molecule has 138 valence electrons. The van der Waals surface area contributed by atoms with Crippen molar-refractivity contribution < 1.29 is 13.2 Å². The average Bonchev–Trinajstić information content (AvgIpc) is 3.12. The molecule has 1 saturated heterocycles. The van der Waals surface area contributed by atoms with Gasteiger partial charge in [-0.3, -0.25) is 9.78 Å². The largest absolute Gasteiger partial charge is 0.312 e. The first-order chi connectivity index (χ1) is 13.0. The summed E-state index contributed by atoms with van der Waals surface area (Å²) in [7, 11) is -3.65. The lowest BCUT2D eigenvalue weighted by atomic mass is 10.2. The first kappa shape index (κ1) is 17.6. The topological polar surface area (TPSA) is 79.4 Å². The summed E-state index contributed by atoms with van der Waals surface area (Å²) < 4.78 is 27.7. The number of fused-ring (bicyclic) bond motifs is 1. The number of rotatable bonds is 5. The Morgan fingerprint density at radius 1 is 1.07 bits per heavy atom. The molecule has 0 atom stereocenters. The van der Waals surface area contributed by atoms with Gasteiger partial charge in [-0.1, -0.05) is 18.2 Å². The van der Waals surface area contributed by atoms with Crippen LogP contribution in [0, 0.1) is 0 Å². The van der Waals surface area contributed by atoms with Crippen LogP contribution in [0.5, 0.6) is 0 Å². The van der Waals surface area contributed by atoms with Crippen molar-refractivity contribution in [2.24, 2.45) is 0 Å². The third-order valence-corrected chi connectivity index (χ3v) is 6.06. The number of para-hydroxylation sites is 1. The summed E-state index contributed by atoms with van der Waals surface area (Å²) in [6, 6.07) is 16.0. The van der Waals surface area contributed by atoms with Gasteiger partial charge < -0.3 is 4.90 Å². The van der Waals surface area contributed by atoms with Gasteiger partial charge in [0.1, 0.15) is 0 Å². The molecule has 0 radical (unpaired) electrons. The van der Waals surface area contributed by atoms with Gasteiger partial charge in [0, 0.05) is 36.8 Å². The van der Waals surface area contributed by atoms with Crippen LogP contribution in [0.15, 0.2) is 65.7 Å². The number of benzene rings is 2. The zero-order chi connectivity index (χ0) is 18.9. The normalized spacial score (nSPS) is 14.8. The molecule has 2 aromatic carbocycles. The summed E-state index contributed by atoms with van der Waals surface area (Å²) in [6.45, 7) is 0.838. The monoisotopic (exact) mass is 381 g/mol. The molecule has 0 unspecified atom stereocenters. The van der Waals surface area contributed by atoms with Gasteiger partial charge in [-0.05, 0) is 48.4 Å². The van der Waals surface area contributed by atoms with Crippen molar-refractivity contribution in [3.63, 3.8) is 0 Å². The van der Waals surface area contributed by atoms with E-state index in [4.69, 9.17) is 0 Å². The quantitative estimate of drug-likeness (QED) is 0.737. The van der Waals surface area contributed by atoms with Crippen LogP contribution in [-0.4, -0.2) is 25.9 Å². The Bertz CT molecular complexity index is 1090. The predicted octanol–water partition coefficient (Wildman–Crippen LogP) is 2.84. The van der Waals surface area contributed by atoms with Crippen molar-refractivity contribution in [2.45, 2.75) is 24.3 Å². The first-order valence-corrected chi connectivity index (χ1v) is 10.2. The summed E-state index contributed by atoms with van der Waals surface area (Å²) in [5.74, 6) is 0.0764. The van der Waals surface area contributed by atoms with Gasteiger partial charge in [-0.15, -0.1) is 0 Å². The Kier molecular flexibility index (Phi) is 4.63. The van der Waals surface area contributed by atoms with Crippen LogP contribution < -0.4 is 9.62 Å². The van der Waals surface area contributed by atoms with E-state index in [2.05, 4.69) is 9.71 Å². The van der Waals surface area contributed by atoms with Gasteiger partial charge in [0.25, 0.3) is 0 Å². The fourth-order valence-electron chi connectivity index (χ4n) is 3.20. The minimum absolute atomic E-state index is 0.0764. The molecule has 0 saturated carbocycles. The van der Waals surface area contributed by atoms with Crippen LogP contribution in [0.3, 0.4) is 0 Å². The number of nitrogens with one attached hydrogen (secondary N) is 1. The third-order valence-electron chi connectivity index (χ3n) is 4.65. The SMILES string of the molecule is O=C1CCCN1c1ccc(S(=O)(=O)NCc2cnc3ccccc3c2)cc1. The molecule has 0 spiro atoms. The van der Waals surface area contributed by atoms with Crippen molar-refractivity contribution in [3.05, 3.63) is 66.4 Å². The Hall–Kier alpha value is -2.77. The molecule has 1 N–H and O–H groups in total. The lowest BCUT2D eigenvalue weighted by Gasteiger charge is -2.16. The Morgan fingerprint density at radius 3 is 2.59 bits per heavy atom. The summed E-state index contributed by atoms with van der Waals surface area (Å²) in [5.41, 5.74) is 2.39. The van der Waals surface area contributed by atoms with Crippen molar-refractivity contribution >= 4 is 32.5 Å². The van der Waals surface area contributed by atoms with Crippen molar-refractivity contribution in [3.8, 4) is 0 Å². The number of amides is 1. The number of anilines is 1. The molecule has 1 aliphatic heterocycles. The van der Waals surface area contributed by atoms with Crippen molar-refractivity contribution in [1.82, 2.24) is 9.71 Å². The molecule has 0 aliphatic carbocycles. The van der Waals surface area contributed by atoms with Crippen LogP contribution >= 0.6 is 0 Å². The van der Waals surface area contributed by atoms with Gasteiger partial charge in [-0.2, -0.15) is 0 Å². The number of carbonyl (C=O) groups excluding carboxylic acids is 1. The van der Waals surface area contributed by atoms with Crippen LogP contribution in [0.25, 0.3) is 10.9 Å². The number of carbonyl (C=O) groups is 1. The highest BCUT2D eigenvalue weighted by Crippen LogP contribution is 2.23. The fraction of sp³-hybridized carbons (Fsp3) is 0.200. The van der Waals surface area contributed by atoms with Crippen LogP contribution in [0.4, 0.5) is 5.69 Å². The van der Waals surface area contributed by atoms with E-state index < -0.39 is 10.0 Å². The number of hydrogen-bond donors (Lipinski definition) is 1. The van der Waals surface area contributed by atoms with Gasteiger partial charge in [0.15, 0.2) is 0 Å². The Balaban J connectivity index is 1.48. The van der Waals surface area contributed by atoms with Gasteiger partial charge >= 0.3 is 0 Å². The smallest absolute Gasteiger partial charge is 0.240 e. The summed E-state index contributed by atoms with van der Waals surface area (Å²) >= 11 is 0. The minimum atomic E-state index is -3.65. The van der Waals surface area contributed by atoms with E-state index in [0.717, 1.165) is 28.6 Å². The highest BCUT2D eigenvalue weighted by Gasteiger charge is 2.22. The molecule has 4 rings (SSSR count). The highest BCUT2D eigenvalue weighted by atomic mass is 32.2. The lowest BCUT2D eigenvalue weighted by molar-refractivity contribution is -0.117. The summed E-state index contributed by atoms with van der Waals surface area (Å²) in [6.07, 6.45) is 3.05. The number of aromatic nitrogens is 1. The van der Waals surface area contributed by atoms with E-state index in [1.807, 2.05) is 30.3 Å². The second kappa shape index (κ2) is 7.09. The fourth-order valence-corrected chi connectivity index (χ4v) is 4.22. The molecular weight excluding hydrogens is 362 g/mol. The van der Waals surface area contributed by atoms with Crippen molar-refractivity contribution in [1.29, 1.82) is 0 Å². The molecule has 1 amide bonds. The average molecular weight is 381 g/mol. The van der Waals surface area contributed by atoms with E-state index in [-0.39, 0.29) is 17.3 Å². The third kappa shape index (κ3) is 3.70. The second-order valence-corrected chi connectivity index (χ2v) is 8.27. The molecule has 1 fully saturated rings. The van der Waals surface area contributed by atoms with Crippen LogP contribution in [0.2, 0.25) is 0 Å². The predicted molar refractivity (Wildman–Crippen MR) is 104 cm³/mol. The number of sulfonamides is 1. The van der Waals surface area contributed by atoms with Crippen LogP contribution in [-0.2, 0) is 21.4 Å². The van der Waals surface area contributed by atoms with E-state index in [1.165, 1.54) is 12.1 Å². The van der Waals surface area contributed by atoms with E-state index in [9.17, 15) is 13.2 Å². The zero-order valence-electron chi connectivity index (χ0n) is 14.6.